The second-order valence-corrected chi connectivity index (χ2v) is 6.46. The Balaban J connectivity index is 1.62. The summed E-state index contributed by atoms with van der Waals surface area (Å²) in [4.78, 5) is 8.07. The Labute approximate surface area is 127 Å². The summed E-state index contributed by atoms with van der Waals surface area (Å²) in [6.45, 7) is 5.28. The van der Waals surface area contributed by atoms with Crippen molar-refractivity contribution in [1.82, 2.24) is 30.1 Å². The lowest BCUT2D eigenvalue weighted by Gasteiger charge is -2.36. The zero-order chi connectivity index (χ0) is 14.2. The Morgan fingerprint density at radius 1 is 1.38 bits per heavy atom. The van der Waals surface area contributed by atoms with Crippen LogP contribution < -0.4 is 10.2 Å². The number of hydrogen-bond acceptors (Lipinski definition) is 7. The standard InChI is InChI=1S/C13H19N7S/c1-2-9-11(21-19-16-9)12-15-13(18-17-12)20-5-3-4-8-6-14-7-10(8)20/h8,10,14H,2-7H2,1H3,(H,15,17,18). The van der Waals surface area contributed by atoms with Crippen molar-refractivity contribution in [2.45, 2.75) is 32.2 Å². The molecule has 4 rings (SSSR count). The van der Waals surface area contributed by atoms with Crippen LogP contribution in [0.3, 0.4) is 0 Å². The van der Waals surface area contributed by atoms with Gasteiger partial charge in [0.15, 0.2) is 5.82 Å². The summed E-state index contributed by atoms with van der Waals surface area (Å²) in [6, 6.07) is 0.535. The summed E-state index contributed by atoms with van der Waals surface area (Å²) in [5.74, 6) is 2.35. The van der Waals surface area contributed by atoms with Crippen molar-refractivity contribution in [2.75, 3.05) is 24.5 Å². The molecule has 112 valence electrons. The fourth-order valence-corrected chi connectivity index (χ4v) is 4.11. The molecule has 0 bridgehead atoms. The topological polar surface area (TPSA) is 82.6 Å². The van der Waals surface area contributed by atoms with E-state index in [2.05, 4.69) is 36.9 Å². The second kappa shape index (κ2) is 5.34. The van der Waals surface area contributed by atoms with Crippen molar-refractivity contribution in [2.24, 2.45) is 5.92 Å². The Hall–Kier alpha value is -1.54. The molecule has 2 unspecified atom stereocenters. The van der Waals surface area contributed by atoms with Gasteiger partial charge in [-0.2, -0.15) is 4.98 Å². The van der Waals surface area contributed by atoms with E-state index in [0.29, 0.717) is 6.04 Å². The van der Waals surface area contributed by atoms with Crippen LogP contribution in [0.15, 0.2) is 0 Å². The lowest BCUT2D eigenvalue weighted by Crippen LogP contribution is -2.45. The number of anilines is 1. The van der Waals surface area contributed by atoms with E-state index in [9.17, 15) is 0 Å². The van der Waals surface area contributed by atoms with Crippen LogP contribution in [-0.4, -0.2) is 50.4 Å². The van der Waals surface area contributed by atoms with Gasteiger partial charge >= 0.3 is 0 Å². The average Bonchev–Trinajstić information content (AvgIpc) is 3.24. The van der Waals surface area contributed by atoms with E-state index in [1.807, 2.05) is 0 Å². The first-order valence-electron chi connectivity index (χ1n) is 7.58. The van der Waals surface area contributed by atoms with Crippen LogP contribution in [0.5, 0.6) is 0 Å². The summed E-state index contributed by atoms with van der Waals surface area (Å²) in [6.07, 6.45) is 3.39. The first-order chi connectivity index (χ1) is 10.4. The molecule has 0 aromatic carbocycles. The lowest BCUT2D eigenvalue weighted by atomic mass is 9.92. The summed E-state index contributed by atoms with van der Waals surface area (Å²) in [5.41, 5.74) is 0.988. The molecule has 2 aromatic rings. The molecule has 8 heteroatoms. The van der Waals surface area contributed by atoms with E-state index in [4.69, 9.17) is 4.98 Å². The monoisotopic (exact) mass is 305 g/mol. The van der Waals surface area contributed by atoms with Crippen LogP contribution in [0.2, 0.25) is 0 Å². The quantitative estimate of drug-likeness (QED) is 0.883. The van der Waals surface area contributed by atoms with Crippen molar-refractivity contribution >= 4 is 17.5 Å². The number of nitrogens with one attached hydrogen (secondary N) is 2. The Morgan fingerprint density at radius 2 is 2.33 bits per heavy atom. The molecule has 2 fully saturated rings. The fraction of sp³-hybridized carbons (Fsp3) is 0.692. The molecule has 0 aliphatic carbocycles. The maximum Gasteiger partial charge on any atom is 0.245 e. The SMILES string of the molecule is CCc1nnsc1-c1nc(N2CCCC3CNCC32)n[nH]1. The molecule has 0 radical (unpaired) electrons. The van der Waals surface area contributed by atoms with Gasteiger partial charge in [-0.05, 0) is 36.7 Å². The van der Waals surface area contributed by atoms with Crippen LogP contribution >= 0.6 is 11.5 Å². The first-order valence-corrected chi connectivity index (χ1v) is 8.35. The summed E-state index contributed by atoms with van der Waals surface area (Å²) < 4.78 is 4.02. The molecule has 2 aliphatic rings. The van der Waals surface area contributed by atoms with Gasteiger partial charge in [0.2, 0.25) is 5.95 Å². The smallest absolute Gasteiger partial charge is 0.245 e. The van der Waals surface area contributed by atoms with E-state index < -0.39 is 0 Å². The van der Waals surface area contributed by atoms with Crippen LogP contribution in [0.1, 0.15) is 25.5 Å². The summed E-state index contributed by atoms with van der Waals surface area (Å²) in [5, 5.41) is 15.1. The molecule has 0 saturated carbocycles. The number of aromatic nitrogens is 5. The molecular weight excluding hydrogens is 286 g/mol. The highest BCUT2D eigenvalue weighted by Crippen LogP contribution is 2.30. The van der Waals surface area contributed by atoms with Crippen molar-refractivity contribution < 1.29 is 0 Å². The van der Waals surface area contributed by atoms with Gasteiger partial charge in [0.1, 0.15) is 4.88 Å². The van der Waals surface area contributed by atoms with Gasteiger partial charge in [0, 0.05) is 25.7 Å². The summed E-state index contributed by atoms with van der Waals surface area (Å²) in [7, 11) is 0. The van der Waals surface area contributed by atoms with Gasteiger partial charge in [-0.15, -0.1) is 10.2 Å². The first kappa shape index (κ1) is 13.1. The molecular formula is C13H19N7S. The molecule has 0 spiro atoms. The maximum atomic E-state index is 4.71. The molecule has 2 atom stereocenters. The molecule has 0 amide bonds. The minimum atomic E-state index is 0.535. The van der Waals surface area contributed by atoms with Crippen molar-refractivity contribution in [3.8, 4) is 10.7 Å². The van der Waals surface area contributed by atoms with Gasteiger partial charge < -0.3 is 10.2 Å². The normalized spacial score (nSPS) is 25.3. The predicted molar refractivity (Wildman–Crippen MR) is 81.4 cm³/mol. The second-order valence-electron chi connectivity index (χ2n) is 5.71. The van der Waals surface area contributed by atoms with Crippen LogP contribution in [0.4, 0.5) is 5.95 Å². The van der Waals surface area contributed by atoms with Crippen LogP contribution in [0, 0.1) is 5.92 Å². The van der Waals surface area contributed by atoms with Gasteiger partial charge in [-0.1, -0.05) is 11.4 Å². The van der Waals surface area contributed by atoms with Gasteiger partial charge in [0.25, 0.3) is 0 Å². The zero-order valence-electron chi connectivity index (χ0n) is 12.0. The Morgan fingerprint density at radius 3 is 3.24 bits per heavy atom. The van der Waals surface area contributed by atoms with E-state index in [1.54, 1.807) is 0 Å². The molecule has 7 nitrogen and oxygen atoms in total. The molecule has 2 saturated heterocycles. The van der Waals surface area contributed by atoms with Crippen LogP contribution in [0.25, 0.3) is 10.7 Å². The number of rotatable bonds is 3. The predicted octanol–water partition coefficient (Wildman–Crippen LogP) is 1.07. The number of fused-ring (bicyclic) bond motifs is 1. The average molecular weight is 305 g/mol. The number of piperidine rings is 1. The highest BCUT2D eigenvalue weighted by molar-refractivity contribution is 7.09. The molecule has 21 heavy (non-hydrogen) atoms. The number of aryl methyl sites for hydroxylation is 1. The van der Waals surface area contributed by atoms with Gasteiger partial charge in [0.05, 0.1) is 5.69 Å². The fourth-order valence-electron chi connectivity index (χ4n) is 3.42. The number of aromatic amines is 1. The number of H-pyrrole nitrogens is 1. The Bertz CT molecular complexity index is 622. The van der Waals surface area contributed by atoms with Crippen molar-refractivity contribution in [3.63, 3.8) is 0 Å². The number of nitrogens with zero attached hydrogens (tertiary/aromatic N) is 5. The third-order valence-corrected chi connectivity index (χ3v) is 5.29. The van der Waals surface area contributed by atoms with Crippen molar-refractivity contribution in [3.05, 3.63) is 5.69 Å². The van der Waals surface area contributed by atoms with E-state index in [1.165, 1.54) is 24.4 Å². The van der Waals surface area contributed by atoms with Crippen LogP contribution in [-0.2, 0) is 6.42 Å². The minimum absolute atomic E-state index is 0.535. The molecule has 4 heterocycles. The summed E-state index contributed by atoms with van der Waals surface area (Å²) >= 11 is 1.38. The minimum Gasteiger partial charge on any atom is -0.335 e. The molecule has 2 aliphatic heterocycles. The van der Waals surface area contributed by atoms with E-state index in [0.717, 1.165) is 54.3 Å². The Kier molecular flexibility index (Phi) is 3.34. The zero-order valence-corrected chi connectivity index (χ0v) is 12.9. The maximum absolute atomic E-state index is 4.71. The number of hydrogen-bond donors (Lipinski definition) is 2. The highest BCUT2D eigenvalue weighted by atomic mass is 32.1. The van der Waals surface area contributed by atoms with E-state index in [-0.39, 0.29) is 0 Å². The largest absolute Gasteiger partial charge is 0.335 e. The third-order valence-electron chi connectivity index (χ3n) is 4.51. The molecule has 2 aromatic heterocycles. The highest BCUT2D eigenvalue weighted by Gasteiger charge is 2.36. The van der Waals surface area contributed by atoms with Crippen molar-refractivity contribution in [1.29, 1.82) is 0 Å². The lowest BCUT2D eigenvalue weighted by molar-refractivity contribution is 0.381. The van der Waals surface area contributed by atoms with Gasteiger partial charge in [-0.25, -0.2) is 0 Å². The molecule has 2 N–H and O–H groups in total. The van der Waals surface area contributed by atoms with E-state index >= 15 is 0 Å². The third kappa shape index (κ3) is 2.22. The van der Waals surface area contributed by atoms with Gasteiger partial charge in [-0.3, -0.25) is 5.10 Å².